The van der Waals surface area contributed by atoms with Gasteiger partial charge in [0, 0.05) is 43.1 Å². The average molecular weight is 673 g/mol. The Bertz CT molecular complexity index is 2190. The van der Waals surface area contributed by atoms with Gasteiger partial charge in [0.2, 0.25) is 10.9 Å². The molecule has 2 atom stereocenters. The van der Waals surface area contributed by atoms with Crippen molar-refractivity contribution in [1.82, 2.24) is 9.13 Å². The highest BCUT2D eigenvalue weighted by atomic mass is 19.2. The molecule has 15 heteroatoms. The van der Waals surface area contributed by atoms with E-state index in [1.807, 2.05) is 0 Å². The minimum Gasteiger partial charge on any atom is -0.477 e. The lowest BCUT2D eigenvalue weighted by atomic mass is 9.92. The summed E-state index contributed by atoms with van der Waals surface area (Å²) in [7, 11) is 0. The standard InChI is InChI=1S/C20H21F2N3O3.C13H8F3NO3/c21-14-6-12-16(25(11-3-4-11)8-13(18(12)26)19(27)28)15(22)17(14)24-7-10-2-1-5-20(10,23)9-24;14-8-3-6-11(10(16)9(8)15)17(5-1-2-5)4-7(12(6)18)13(19)20/h6,8,10-11H,1-5,7,9,23H2,(H,27,28);3-5H,1-2H2,(H,19,20). The van der Waals surface area contributed by atoms with E-state index in [1.54, 1.807) is 4.90 Å². The molecular weight excluding hydrogens is 643 g/mol. The summed E-state index contributed by atoms with van der Waals surface area (Å²) in [5.74, 6) is -9.01. The molecule has 2 aromatic heterocycles. The van der Waals surface area contributed by atoms with Gasteiger partial charge in [0.15, 0.2) is 23.3 Å². The van der Waals surface area contributed by atoms with Crippen LogP contribution >= 0.6 is 0 Å². The van der Waals surface area contributed by atoms with Gasteiger partial charge < -0.3 is 30.0 Å². The van der Waals surface area contributed by atoms with E-state index in [1.165, 1.54) is 15.3 Å². The van der Waals surface area contributed by atoms with Crippen molar-refractivity contribution in [2.45, 2.75) is 62.6 Å². The highest BCUT2D eigenvalue weighted by Gasteiger charge is 2.48. The molecule has 4 aromatic rings. The third-order valence-electron chi connectivity index (χ3n) is 9.93. The van der Waals surface area contributed by atoms with Gasteiger partial charge in [-0.2, -0.15) is 0 Å². The molecule has 0 amide bonds. The molecule has 2 unspecified atom stereocenters. The highest BCUT2D eigenvalue weighted by Crippen LogP contribution is 2.44. The minimum atomic E-state index is -1.67. The number of anilines is 1. The SMILES string of the molecule is NC12CCCC1CN(c1c(F)cc3c(=O)c(C(=O)O)cn(C4CC4)c3c1F)C2.O=C(O)c1cn(C2CC2)c2c(F)c(F)c(F)cc2c1=O. The molecule has 3 aliphatic carbocycles. The van der Waals surface area contributed by atoms with Crippen molar-refractivity contribution in [2.24, 2.45) is 11.7 Å². The topological polar surface area (TPSA) is 148 Å². The summed E-state index contributed by atoms with van der Waals surface area (Å²) in [6.45, 7) is 0.856. The average Bonchev–Trinajstić information content (AvgIpc) is 3.95. The molecule has 1 aliphatic heterocycles. The summed E-state index contributed by atoms with van der Waals surface area (Å²) in [6, 6.07) is 1.25. The number of fused-ring (bicyclic) bond motifs is 3. The van der Waals surface area contributed by atoms with E-state index in [-0.39, 0.29) is 40.1 Å². The lowest BCUT2D eigenvalue weighted by molar-refractivity contribution is 0.0684. The summed E-state index contributed by atoms with van der Waals surface area (Å²) in [4.78, 5) is 48.6. The van der Waals surface area contributed by atoms with Gasteiger partial charge in [-0.15, -0.1) is 0 Å². The van der Waals surface area contributed by atoms with Gasteiger partial charge in [0.05, 0.1) is 21.8 Å². The molecule has 4 aliphatic rings. The van der Waals surface area contributed by atoms with E-state index >= 15 is 4.39 Å². The van der Waals surface area contributed by atoms with Crippen LogP contribution in [0.1, 0.15) is 77.7 Å². The van der Waals surface area contributed by atoms with Crippen LogP contribution in [-0.2, 0) is 0 Å². The zero-order valence-electron chi connectivity index (χ0n) is 25.2. The van der Waals surface area contributed by atoms with Crippen molar-refractivity contribution < 1.29 is 41.8 Å². The fraction of sp³-hybridized carbons (Fsp3) is 0.394. The fourth-order valence-electron chi connectivity index (χ4n) is 7.23. The number of carboxylic acid groups (broad SMARTS) is 2. The molecule has 4 N–H and O–H groups in total. The molecule has 2 aromatic carbocycles. The Morgan fingerprint density at radius 1 is 0.750 bits per heavy atom. The number of hydrogen-bond donors (Lipinski definition) is 3. The zero-order chi connectivity index (χ0) is 34.4. The number of aromatic carboxylic acids is 2. The van der Waals surface area contributed by atoms with Crippen LogP contribution in [0.5, 0.6) is 0 Å². The fourth-order valence-corrected chi connectivity index (χ4v) is 7.23. The second-order valence-electron chi connectivity index (χ2n) is 13.1. The first-order valence-corrected chi connectivity index (χ1v) is 15.5. The van der Waals surface area contributed by atoms with Crippen molar-refractivity contribution in [2.75, 3.05) is 18.0 Å². The van der Waals surface area contributed by atoms with Crippen LogP contribution in [0.2, 0.25) is 0 Å². The maximum absolute atomic E-state index is 15.6. The lowest BCUT2D eigenvalue weighted by Crippen LogP contribution is -2.44. The zero-order valence-corrected chi connectivity index (χ0v) is 25.2. The van der Waals surface area contributed by atoms with Crippen LogP contribution in [0.15, 0.2) is 34.1 Å². The number of carboxylic acids is 2. The highest BCUT2D eigenvalue weighted by molar-refractivity contribution is 5.94. The van der Waals surface area contributed by atoms with E-state index in [0.29, 0.717) is 32.0 Å². The van der Waals surface area contributed by atoms with Crippen LogP contribution in [0.3, 0.4) is 0 Å². The second-order valence-corrected chi connectivity index (χ2v) is 13.1. The molecule has 0 radical (unpaired) electrons. The van der Waals surface area contributed by atoms with Gasteiger partial charge >= 0.3 is 11.9 Å². The van der Waals surface area contributed by atoms with E-state index in [2.05, 4.69) is 0 Å². The van der Waals surface area contributed by atoms with E-state index < -0.39 is 73.9 Å². The number of carbonyl (C=O) groups is 2. The molecule has 4 fully saturated rings. The molecule has 8 rings (SSSR count). The number of pyridine rings is 2. The van der Waals surface area contributed by atoms with Crippen LogP contribution in [0.25, 0.3) is 21.8 Å². The molecule has 252 valence electrons. The summed E-state index contributed by atoms with van der Waals surface area (Å²) in [5, 5.41) is 17.6. The quantitative estimate of drug-likeness (QED) is 0.197. The molecule has 10 nitrogen and oxygen atoms in total. The van der Waals surface area contributed by atoms with Crippen molar-refractivity contribution in [3.05, 3.63) is 85.2 Å². The Balaban J connectivity index is 0.000000161. The first kappa shape index (κ1) is 31.8. The van der Waals surface area contributed by atoms with Crippen LogP contribution in [-0.4, -0.2) is 49.9 Å². The predicted octanol–water partition coefficient (Wildman–Crippen LogP) is 5.08. The summed E-state index contributed by atoms with van der Waals surface area (Å²) >= 11 is 0. The Labute approximate surface area is 267 Å². The number of rotatable bonds is 5. The number of hydrogen-bond acceptors (Lipinski definition) is 6. The number of nitrogens with zero attached hydrogens (tertiary/aromatic N) is 3. The number of halogens is 5. The minimum absolute atomic E-state index is 0.0166. The number of nitrogens with two attached hydrogens (primary N) is 1. The molecular formula is C33H29F5N4O6. The van der Waals surface area contributed by atoms with Crippen molar-refractivity contribution >= 4 is 39.4 Å². The maximum atomic E-state index is 15.6. The molecule has 3 saturated carbocycles. The Morgan fingerprint density at radius 2 is 1.25 bits per heavy atom. The Hall–Kier alpha value is -4.79. The third kappa shape index (κ3) is 5.02. The number of benzene rings is 2. The molecule has 3 heterocycles. The first-order chi connectivity index (χ1) is 22.7. The smallest absolute Gasteiger partial charge is 0.341 e. The summed E-state index contributed by atoms with van der Waals surface area (Å²) in [6.07, 6.45) is 7.84. The lowest BCUT2D eigenvalue weighted by Gasteiger charge is -2.25. The molecule has 48 heavy (non-hydrogen) atoms. The van der Waals surface area contributed by atoms with Crippen molar-refractivity contribution in [3.63, 3.8) is 0 Å². The largest absolute Gasteiger partial charge is 0.477 e. The summed E-state index contributed by atoms with van der Waals surface area (Å²) < 4.78 is 73.8. The van der Waals surface area contributed by atoms with Crippen molar-refractivity contribution in [1.29, 1.82) is 0 Å². The second kappa shape index (κ2) is 11.1. The van der Waals surface area contributed by atoms with Crippen LogP contribution in [0.4, 0.5) is 27.6 Å². The Kier molecular flexibility index (Phi) is 7.38. The maximum Gasteiger partial charge on any atom is 0.341 e. The first-order valence-electron chi connectivity index (χ1n) is 15.5. The van der Waals surface area contributed by atoms with Gasteiger partial charge in [-0.05, 0) is 56.6 Å². The Morgan fingerprint density at radius 3 is 1.73 bits per heavy atom. The van der Waals surface area contributed by atoms with Gasteiger partial charge in [0.1, 0.15) is 22.6 Å². The molecule has 0 bridgehead atoms. The van der Waals surface area contributed by atoms with Gasteiger partial charge in [-0.1, -0.05) is 6.42 Å². The normalized spacial score (nSPS) is 21.8. The van der Waals surface area contributed by atoms with Gasteiger partial charge in [-0.3, -0.25) is 9.59 Å². The molecule has 1 saturated heterocycles. The van der Waals surface area contributed by atoms with Crippen LogP contribution < -0.4 is 21.5 Å². The predicted molar refractivity (Wildman–Crippen MR) is 163 cm³/mol. The van der Waals surface area contributed by atoms with Gasteiger partial charge in [-0.25, -0.2) is 31.5 Å². The molecule has 0 spiro atoms. The summed E-state index contributed by atoms with van der Waals surface area (Å²) in [5.41, 5.74) is 2.52. The number of aromatic nitrogens is 2. The third-order valence-corrected chi connectivity index (χ3v) is 9.93. The van der Waals surface area contributed by atoms with E-state index in [9.17, 15) is 41.8 Å². The van der Waals surface area contributed by atoms with Gasteiger partial charge in [0.25, 0.3) is 0 Å². The van der Waals surface area contributed by atoms with E-state index in [0.717, 1.165) is 44.4 Å². The van der Waals surface area contributed by atoms with Crippen molar-refractivity contribution in [3.8, 4) is 0 Å². The monoisotopic (exact) mass is 672 g/mol. The van der Waals surface area contributed by atoms with E-state index in [4.69, 9.17) is 10.8 Å². The van der Waals surface area contributed by atoms with Crippen LogP contribution in [0, 0.1) is 35.0 Å².